The maximum Gasteiger partial charge on any atom is 0.270 e. The van der Waals surface area contributed by atoms with Crippen LogP contribution in [0.15, 0.2) is 48.7 Å². The van der Waals surface area contributed by atoms with Crippen molar-refractivity contribution in [3.63, 3.8) is 0 Å². The summed E-state index contributed by atoms with van der Waals surface area (Å²) in [6, 6.07) is 13.8. The first-order valence-electron chi connectivity index (χ1n) is 7.59. The molecule has 1 aromatic heterocycles. The number of carbonyl (C=O) groups is 1. The van der Waals surface area contributed by atoms with Gasteiger partial charge in [-0.15, -0.1) is 0 Å². The number of aliphatic hydroxyl groups excluding tert-OH is 1. The Bertz CT molecular complexity index is 598. The van der Waals surface area contributed by atoms with Gasteiger partial charge < -0.3 is 15.0 Å². The molecule has 5 heteroatoms. The molecule has 1 saturated heterocycles. The molecule has 1 aliphatic heterocycles. The van der Waals surface area contributed by atoms with E-state index in [0.29, 0.717) is 25.3 Å². The first-order chi connectivity index (χ1) is 10.7. The van der Waals surface area contributed by atoms with Crippen molar-refractivity contribution in [2.24, 2.45) is 0 Å². The van der Waals surface area contributed by atoms with Gasteiger partial charge in [-0.3, -0.25) is 9.69 Å². The number of hydrogen-bond donors (Lipinski definition) is 2. The van der Waals surface area contributed by atoms with Crippen molar-refractivity contribution in [1.29, 1.82) is 0 Å². The van der Waals surface area contributed by atoms with Crippen LogP contribution in [-0.2, 0) is 6.54 Å². The fourth-order valence-corrected chi connectivity index (χ4v) is 2.86. The Morgan fingerprint density at radius 3 is 2.68 bits per heavy atom. The molecule has 3 rings (SSSR count). The third kappa shape index (κ3) is 3.55. The summed E-state index contributed by atoms with van der Waals surface area (Å²) in [5, 5.41) is 10.2. The summed E-state index contributed by atoms with van der Waals surface area (Å²) in [6.07, 6.45) is 1.22. The molecule has 116 valence electrons. The maximum atomic E-state index is 12.4. The molecule has 2 N–H and O–H groups in total. The Labute approximate surface area is 130 Å². The SMILES string of the molecule is O=C(c1ccc[nH]1)N1CCN(Cc2ccccc2)CC(O)C1. The van der Waals surface area contributed by atoms with Gasteiger partial charge in [0.15, 0.2) is 0 Å². The van der Waals surface area contributed by atoms with Gasteiger partial charge >= 0.3 is 0 Å². The zero-order valence-corrected chi connectivity index (χ0v) is 12.5. The minimum atomic E-state index is -0.523. The molecule has 0 radical (unpaired) electrons. The van der Waals surface area contributed by atoms with E-state index in [-0.39, 0.29) is 5.91 Å². The summed E-state index contributed by atoms with van der Waals surface area (Å²) in [5.41, 5.74) is 1.79. The lowest BCUT2D eigenvalue weighted by atomic mass is 10.2. The van der Waals surface area contributed by atoms with E-state index in [1.807, 2.05) is 24.3 Å². The number of amides is 1. The highest BCUT2D eigenvalue weighted by Crippen LogP contribution is 2.11. The van der Waals surface area contributed by atoms with E-state index in [4.69, 9.17) is 0 Å². The molecule has 1 atom stereocenters. The summed E-state index contributed by atoms with van der Waals surface area (Å²) >= 11 is 0. The number of rotatable bonds is 3. The van der Waals surface area contributed by atoms with Crippen LogP contribution in [0.3, 0.4) is 0 Å². The number of aromatic nitrogens is 1. The minimum absolute atomic E-state index is 0.0504. The Balaban J connectivity index is 1.64. The molecule has 1 unspecified atom stereocenters. The van der Waals surface area contributed by atoms with Crippen LogP contribution < -0.4 is 0 Å². The Hall–Kier alpha value is -2.11. The van der Waals surface area contributed by atoms with Crippen LogP contribution >= 0.6 is 0 Å². The molecule has 1 aliphatic rings. The van der Waals surface area contributed by atoms with Crippen LogP contribution in [0.5, 0.6) is 0 Å². The van der Waals surface area contributed by atoms with Gasteiger partial charge in [-0.25, -0.2) is 0 Å². The van der Waals surface area contributed by atoms with E-state index in [1.54, 1.807) is 17.2 Å². The summed E-state index contributed by atoms with van der Waals surface area (Å²) in [5.74, 6) is -0.0504. The Morgan fingerprint density at radius 1 is 1.14 bits per heavy atom. The average molecular weight is 299 g/mol. The largest absolute Gasteiger partial charge is 0.390 e. The average Bonchev–Trinajstić information content (AvgIpc) is 2.99. The number of H-pyrrole nitrogens is 1. The Morgan fingerprint density at radius 2 is 1.95 bits per heavy atom. The monoisotopic (exact) mass is 299 g/mol. The third-order valence-electron chi connectivity index (χ3n) is 3.95. The second kappa shape index (κ2) is 6.77. The van der Waals surface area contributed by atoms with Crippen LogP contribution in [-0.4, -0.2) is 58.1 Å². The van der Waals surface area contributed by atoms with Gasteiger partial charge in [0, 0.05) is 38.9 Å². The molecule has 0 bridgehead atoms. The lowest BCUT2D eigenvalue weighted by Crippen LogP contribution is -2.37. The van der Waals surface area contributed by atoms with Crippen molar-refractivity contribution < 1.29 is 9.90 Å². The zero-order valence-electron chi connectivity index (χ0n) is 12.5. The van der Waals surface area contributed by atoms with Crippen LogP contribution in [0.25, 0.3) is 0 Å². The van der Waals surface area contributed by atoms with Gasteiger partial charge in [-0.05, 0) is 17.7 Å². The maximum absolute atomic E-state index is 12.4. The number of β-amino-alcohol motifs (C(OH)–C–C–N with tert-alkyl or cyclic N) is 1. The summed E-state index contributed by atoms with van der Waals surface area (Å²) < 4.78 is 0. The molecular formula is C17H21N3O2. The second-order valence-corrected chi connectivity index (χ2v) is 5.71. The van der Waals surface area contributed by atoms with Crippen molar-refractivity contribution >= 4 is 5.91 Å². The van der Waals surface area contributed by atoms with Crippen molar-refractivity contribution in [2.75, 3.05) is 26.2 Å². The van der Waals surface area contributed by atoms with Gasteiger partial charge in [0.1, 0.15) is 5.69 Å². The standard InChI is InChI=1S/C17H21N3O2/c21-15-12-19(11-14-5-2-1-3-6-14)9-10-20(13-15)17(22)16-7-4-8-18-16/h1-8,15,18,21H,9-13H2. The summed E-state index contributed by atoms with van der Waals surface area (Å²) in [4.78, 5) is 19.2. The fourth-order valence-electron chi connectivity index (χ4n) is 2.86. The lowest BCUT2D eigenvalue weighted by molar-refractivity contribution is 0.0658. The molecule has 0 saturated carbocycles. The number of aliphatic hydroxyl groups is 1. The number of aromatic amines is 1. The Kier molecular flexibility index (Phi) is 4.56. The number of nitrogens with zero attached hydrogens (tertiary/aromatic N) is 2. The first kappa shape index (κ1) is 14.8. The van der Waals surface area contributed by atoms with Crippen molar-refractivity contribution in [2.45, 2.75) is 12.6 Å². The van der Waals surface area contributed by atoms with Crippen LogP contribution in [0.1, 0.15) is 16.1 Å². The molecule has 0 spiro atoms. The minimum Gasteiger partial charge on any atom is -0.390 e. The number of hydrogen-bond acceptors (Lipinski definition) is 3. The van der Waals surface area contributed by atoms with Crippen LogP contribution in [0.4, 0.5) is 0 Å². The smallest absolute Gasteiger partial charge is 0.270 e. The van der Waals surface area contributed by atoms with E-state index in [0.717, 1.165) is 13.1 Å². The van der Waals surface area contributed by atoms with E-state index < -0.39 is 6.10 Å². The van der Waals surface area contributed by atoms with E-state index >= 15 is 0 Å². The number of carbonyl (C=O) groups excluding carboxylic acids is 1. The van der Waals surface area contributed by atoms with Crippen molar-refractivity contribution in [1.82, 2.24) is 14.8 Å². The number of nitrogens with one attached hydrogen (secondary N) is 1. The molecular weight excluding hydrogens is 278 g/mol. The third-order valence-corrected chi connectivity index (χ3v) is 3.95. The summed E-state index contributed by atoms with van der Waals surface area (Å²) in [6.45, 7) is 3.15. The van der Waals surface area contributed by atoms with E-state index in [1.165, 1.54) is 5.56 Å². The second-order valence-electron chi connectivity index (χ2n) is 5.71. The van der Waals surface area contributed by atoms with Crippen LogP contribution in [0.2, 0.25) is 0 Å². The van der Waals surface area contributed by atoms with Gasteiger partial charge in [0.2, 0.25) is 0 Å². The molecule has 1 fully saturated rings. The topological polar surface area (TPSA) is 59.6 Å². The zero-order chi connectivity index (χ0) is 15.4. The molecule has 1 amide bonds. The van der Waals surface area contributed by atoms with Gasteiger partial charge in [0.25, 0.3) is 5.91 Å². The lowest BCUT2D eigenvalue weighted by Gasteiger charge is -2.21. The first-order valence-corrected chi connectivity index (χ1v) is 7.59. The van der Waals surface area contributed by atoms with Crippen LogP contribution in [0, 0.1) is 0 Å². The van der Waals surface area contributed by atoms with Gasteiger partial charge in [-0.2, -0.15) is 0 Å². The van der Waals surface area contributed by atoms with Crippen molar-refractivity contribution in [3.05, 3.63) is 59.9 Å². The number of benzene rings is 1. The van der Waals surface area contributed by atoms with Gasteiger partial charge in [0.05, 0.1) is 6.10 Å². The quantitative estimate of drug-likeness (QED) is 0.899. The van der Waals surface area contributed by atoms with Crippen molar-refractivity contribution in [3.8, 4) is 0 Å². The molecule has 2 aromatic rings. The predicted molar refractivity (Wildman–Crippen MR) is 84.4 cm³/mol. The molecule has 2 heterocycles. The fraction of sp³-hybridized carbons (Fsp3) is 0.353. The highest BCUT2D eigenvalue weighted by Gasteiger charge is 2.25. The summed E-state index contributed by atoms with van der Waals surface area (Å²) in [7, 11) is 0. The normalized spacial score (nSPS) is 19.9. The van der Waals surface area contributed by atoms with E-state index in [9.17, 15) is 9.90 Å². The molecule has 1 aromatic carbocycles. The highest BCUT2D eigenvalue weighted by molar-refractivity contribution is 5.92. The molecule has 0 aliphatic carbocycles. The molecule has 5 nitrogen and oxygen atoms in total. The van der Waals surface area contributed by atoms with Gasteiger partial charge in [-0.1, -0.05) is 30.3 Å². The highest BCUT2D eigenvalue weighted by atomic mass is 16.3. The molecule has 22 heavy (non-hydrogen) atoms. The van der Waals surface area contributed by atoms with E-state index in [2.05, 4.69) is 22.0 Å². The predicted octanol–water partition coefficient (Wildman–Crippen LogP) is 1.33.